The molecule has 94 valence electrons. The zero-order chi connectivity index (χ0) is 12.6. The Morgan fingerprint density at radius 1 is 1.38 bits per heavy atom. The lowest BCUT2D eigenvalue weighted by Gasteiger charge is -2.53. The van der Waals surface area contributed by atoms with Crippen molar-refractivity contribution in [2.75, 3.05) is 34.2 Å². The number of likely N-dealkylation sites (N-methyl/N-ethyl adjacent to an activating group) is 2. The Kier molecular flexibility index (Phi) is 3.50. The van der Waals surface area contributed by atoms with Crippen LogP contribution in [-0.2, 0) is 4.74 Å². The number of nitrogens with one attached hydrogen (secondary N) is 1. The molecule has 0 radical (unpaired) electrons. The lowest BCUT2D eigenvalue weighted by Crippen LogP contribution is -2.75. The summed E-state index contributed by atoms with van der Waals surface area (Å²) >= 11 is 0. The van der Waals surface area contributed by atoms with E-state index >= 15 is 0 Å². The molecule has 0 atom stereocenters. The van der Waals surface area contributed by atoms with Gasteiger partial charge in [0, 0.05) is 0 Å². The number of nitrogens with zero attached hydrogens (tertiary/aromatic N) is 2. The first-order chi connectivity index (χ1) is 7.20. The van der Waals surface area contributed by atoms with Crippen LogP contribution in [-0.4, -0.2) is 61.4 Å². The van der Waals surface area contributed by atoms with Crippen molar-refractivity contribution in [3.05, 3.63) is 0 Å². The van der Waals surface area contributed by atoms with Crippen molar-refractivity contribution in [3.63, 3.8) is 0 Å². The zero-order valence-corrected chi connectivity index (χ0v) is 11.1. The molecular formula is C11H23N3O2. The molecule has 0 spiro atoms. The van der Waals surface area contributed by atoms with Crippen molar-refractivity contribution in [2.24, 2.45) is 0 Å². The predicted molar refractivity (Wildman–Crippen MR) is 63.3 cm³/mol. The van der Waals surface area contributed by atoms with Gasteiger partial charge in [-0.25, -0.2) is 4.79 Å². The van der Waals surface area contributed by atoms with Gasteiger partial charge in [-0.05, 0) is 41.9 Å². The standard InChI is InChI=1S/C11H23N3O2/c1-10(2,3)16-9(15)14-7-11(8-14,12-4)13(5)6/h12H,7-8H2,1-6H3. The van der Waals surface area contributed by atoms with Crippen LogP contribution < -0.4 is 5.32 Å². The van der Waals surface area contributed by atoms with E-state index in [1.165, 1.54) is 0 Å². The molecule has 0 aromatic heterocycles. The van der Waals surface area contributed by atoms with Crippen LogP contribution >= 0.6 is 0 Å². The van der Waals surface area contributed by atoms with Crippen molar-refractivity contribution in [1.29, 1.82) is 0 Å². The van der Waals surface area contributed by atoms with Gasteiger partial charge in [0.05, 0.1) is 13.1 Å². The highest BCUT2D eigenvalue weighted by Crippen LogP contribution is 2.24. The van der Waals surface area contributed by atoms with Gasteiger partial charge in [-0.3, -0.25) is 10.2 Å². The maximum atomic E-state index is 11.7. The normalized spacial score (nSPS) is 19.6. The third-order valence-corrected chi connectivity index (χ3v) is 2.88. The van der Waals surface area contributed by atoms with E-state index in [4.69, 9.17) is 4.74 Å². The summed E-state index contributed by atoms with van der Waals surface area (Å²) in [6, 6.07) is 0. The van der Waals surface area contributed by atoms with Gasteiger partial charge in [0.2, 0.25) is 0 Å². The second-order valence-corrected chi connectivity index (χ2v) is 5.51. The number of rotatable bonds is 2. The summed E-state index contributed by atoms with van der Waals surface area (Å²) in [5.41, 5.74) is -0.524. The summed E-state index contributed by atoms with van der Waals surface area (Å²) in [7, 11) is 5.91. The molecule has 16 heavy (non-hydrogen) atoms. The molecule has 0 aliphatic carbocycles. The highest BCUT2D eigenvalue weighted by atomic mass is 16.6. The number of carbonyl (C=O) groups excluding carboxylic acids is 1. The van der Waals surface area contributed by atoms with Crippen molar-refractivity contribution in [1.82, 2.24) is 15.1 Å². The molecular weight excluding hydrogens is 206 g/mol. The minimum Gasteiger partial charge on any atom is -0.444 e. The molecule has 1 heterocycles. The van der Waals surface area contributed by atoms with Crippen LogP contribution in [0.3, 0.4) is 0 Å². The topological polar surface area (TPSA) is 44.8 Å². The number of carbonyl (C=O) groups is 1. The van der Waals surface area contributed by atoms with E-state index < -0.39 is 5.60 Å². The third kappa shape index (κ3) is 2.65. The number of hydrogen-bond acceptors (Lipinski definition) is 4. The summed E-state index contributed by atoms with van der Waals surface area (Å²) in [6.45, 7) is 6.95. The molecule has 1 aliphatic rings. The van der Waals surface area contributed by atoms with Crippen LogP contribution in [0.1, 0.15) is 20.8 Å². The van der Waals surface area contributed by atoms with Crippen LogP contribution in [0.5, 0.6) is 0 Å². The van der Waals surface area contributed by atoms with Gasteiger partial charge in [-0.1, -0.05) is 0 Å². The van der Waals surface area contributed by atoms with Gasteiger partial charge in [-0.2, -0.15) is 0 Å². The number of amides is 1. The Labute approximate surface area is 97.7 Å². The Morgan fingerprint density at radius 2 is 1.88 bits per heavy atom. The Hall–Kier alpha value is -0.810. The monoisotopic (exact) mass is 229 g/mol. The van der Waals surface area contributed by atoms with Crippen LogP contribution in [0.15, 0.2) is 0 Å². The van der Waals surface area contributed by atoms with Crippen LogP contribution in [0.25, 0.3) is 0 Å². The minimum absolute atomic E-state index is 0.100. The molecule has 1 saturated heterocycles. The molecule has 1 rings (SSSR count). The quantitative estimate of drug-likeness (QED) is 0.709. The summed E-state index contributed by atoms with van der Waals surface area (Å²) in [5, 5.41) is 3.24. The number of hydrogen-bond donors (Lipinski definition) is 1. The Morgan fingerprint density at radius 3 is 2.19 bits per heavy atom. The van der Waals surface area contributed by atoms with Crippen molar-refractivity contribution >= 4 is 6.09 Å². The van der Waals surface area contributed by atoms with E-state index in [1.54, 1.807) is 4.90 Å². The molecule has 0 aromatic carbocycles. The Bertz CT molecular complexity index is 265. The highest BCUT2D eigenvalue weighted by molar-refractivity contribution is 5.69. The third-order valence-electron chi connectivity index (χ3n) is 2.88. The SMILES string of the molecule is CNC1(N(C)C)CN(C(=O)OC(C)(C)C)C1. The van der Waals surface area contributed by atoms with E-state index in [1.807, 2.05) is 41.9 Å². The smallest absolute Gasteiger partial charge is 0.410 e. The fourth-order valence-electron chi connectivity index (χ4n) is 1.71. The summed E-state index contributed by atoms with van der Waals surface area (Å²) in [5.74, 6) is 0. The lowest BCUT2D eigenvalue weighted by molar-refractivity contribution is -0.0607. The van der Waals surface area contributed by atoms with E-state index in [9.17, 15) is 4.79 Å². The average molecular weight is 229 g/mol. The van der Waals surface area contributed by atoms with E-state index in [2.05, 4.69) is 10.2 Å². The van der Waals surface area contributed by atoms with Crippen molar-refractivity contribution in [2.45, 2.75) is 32.0 Å². The summed E-state index contributed by atoms with van der Waals surface area (Å²) in [4.78, 5) is 15.5. The van der Waals surface area contributed by atoms with E-state index in [0.29, 0.717) is 13.1 Å². The first-order valence-electron chi connectivity index (χ1n) is 5.54. The average Bonchev–Trinajstić information content (AvgIpc) is 1.98. The van der Waals surface area contributed by atoms with Crippen molar-refractivity contribution in [3.8, 4) is 0 Å². The van der Waals surface area contributed by atoms with Gasteiger partial charge in [0.1, 0.15) is 11.3 Å². The lowest BCUT2D eigenvalue weighted by atomic mass is 10.00. The fraction of sp³-hybridized carbons (Fsp3) is 0.909. The van der Waals surface area contributed by atoms with Gasteiger partial charge >= 0.3 is 6.09 Å². The zero-order valence-electron chi connectivity index (χ0n) is 11.1. The first kappa shape index (κ1) is 13.3. The summed E-state index contributed by atoms with van der Waals surface area (Å²) < 4.78 is 5.30. The van der Waals surface area contributed by atoms with Crippen LogP contribution in [0.2, 0.25) is 0 Å². The van der Waals surface area contributed by atoms with Gasteiger partial charge in [0.25, 0.3) is 0 Å². The predicted octanol–water partition coefficient (Wildman–Crippen LogP) is 0.714. The molecule has 0 saturated carbocycles. The molecule has 0 unspecified atom stereocenters. The fourth-order valence-corrected chi connectivity index (χ4v) is 1.71. The number of likely N-dealkylation sites (tertiary alicyclic amines) is 1. The molecule has 0 bridgehead atoms. The van der Waals surface area contributed by atoms with Crippen molar-refractivity contribution < 1.29 is 9.53 Å². The van der Waals surface area contributed by atoms with Gasteiger partial charge in [-0.15, -0.1) is 0 Å². The largest absolute Gasteiger partial charge is 0.444 e. The molecule has 1 aliphatic heterocycles. The van der Waals surface area contributed by atoms with Crippen LogP contribution in [0, 0.1) is 0 Å². The Balaban J connectivity index is 2.49. The molecule has 0 aromatic rings. The van der Waals surface area contributed by atoms with E-state index in [0.717, 1.165) is 0 Å². The maximum absolute atomic E-state index is 11.7. The minimum atomic E-state index is -0.424. The van der Waals surface area contributed by atoms with Gasteiger partial charge < -0.3 is 9.64 Å². The van der Waals surface area contributed by atoms with Gasteiger partial charge in [0.15, 0.2) is 0 Å². The molecule has 1 fully saturated rings. The summed E-state index contributed by atoms with van der Waals surface area (Å²) in [6.07, 6.45) is -0.236. The second-order valence-electron chi connectivity index (χ2n) is 5.51. The molecule has 1 N–H and O–H groups in total. The van der Waals surface area contributed by atoms with Crippen LogP contribution in [0.4, 0.5) is 4.79 Å². The second kappa shape index (κ2) is 4.22. The molecule has 5 nitrogen and oxygen atoms in total. The maximum Gasteiger partial charge on any atom is 0.410 e. The highest BCUT2D eigenvalue weighted by Gasteiger charge is 2.47. The molecule has 1 amide bonds. The number of ether oxygens (including phenoxy) is 1. The van der Waals surface area contributed by atoms with E-state index in [-0.39, 0.29) is 11.8 Å². The first-order valence-corrected chi connectivity index (χ1v) is 5.54. The molecule has 5 heteroatoms.